The smallest absolute Gasteiger partial charge is 0.387 e. The molecule has 31 heavy (non-hydrogen) atoms. The third-order valence-electron chi connectivity index (χ3n) is 6.08. The van der Waals surface area contributed by atoms with Crippen molar-refractivity contribution in [2.75, 3.05) is 43.4 Å². The molecule has 2 aliphatic heterocycles. The van der Waals surface area contributed by atoms with Crippen molar-refractivity contribution in [2.24, 2.45) is 11.8 Å². The number of aliphatic hydroxyl groups is 1. The predicted molar refractivity (Wildman–Crippen MR) is 111 cm³/mol. The summed E-state index contributed by atoms with van der Waals surface area (Å²) in [5.41, 5.74) is 7.12. The van der Waals surface area contributed by atoms with Gasteiger partial charge in [-0.3, -0.25) is 4.90 Å². The number of fused-ring (bicyclic) bond motifs is 1. The first-order chi connectivity index (χ1) is 14.7. The number of nitrogens with zero attached hydrogens (tertiary/aromatic N) is 5. The monoisotopic (exact) mass is 432 g/mol. The fourth-order valence-electron chi connectivity index (χ4n) is 4.68. The van der Waals surface area contributed by atoms with Gasteiger partial charge in [0, 0.05) is 50.4 Å². The van der Waals surface area contributed by atoms with Crippen LogP contribution in [0.3, 0.4) is 0 Å². The highest BCUT2D eigenvalue weighted by molar-refractivity contribution is 5.66. The number of anilines is 2. The maximum Gasteiger partial charge on any atom is 0.387 e. The number of aromatic nitrogens is 3. The first-order valence-electron chi connectivity index (χ1n) is 10.5. The molecule has 3 N–H and O–H groups in total. The summed E-state index contributed by atoms with van der Waals surface area (Å²) in [6, 6.07) is 3.38. The quantitative estimate of drug-likeness (QED) is 0.641. The number of hydrogen-bond acceptors (Lipinski definition) is 8. The zero-order valence-corrected chi connectivity index (χ0v) is 17.5. The highest BCUT2D eigenvalue weighted by Gasteiger charge is 2.57. The Morgan fingerprint density at radius 2 is 1.94 bits per heavy atom. The van der Waals surface area contributed by atoms with Crippen molar-refractivity contribution in [1.29, 1.82) is 0 Å². The normalized spacial score (nSPS) is 25.1. The number of likely N-dealkylation sites (tertiary alicyclic amines) is 1. The van der Waals surface area contributed by atoms with E-state index in [4.69, 9.17) is 10.7 Å². The SMILES string of the molecule is CC(C)(O)CN1C[C@@H]2C(c3cc(-c4cnc(N)c(OC(F)F)c4)nc(N4CC4)n3)[C@@H]2C1. The second-order valence-corrected chi connectivity index (χ2v) is 9.31. The summed E-state index contributed by atoms with van der Waals surface area (Å²) in [5, 5.41) is 10.1. The molecule has 0 amide bonds. The van der Waals surface area contributed by atoms with E-state index < -0.39 is 12.2 Å². The zero-order chi connectivity index (χ0) is 21.9. The van der Waals surface area contributed by atoms with Crippen molar-refractivity contribution in [3.8, 4) is 17.0 Å². The number of alkyl halides is 2. The van der Waals surface area contributed by atoms with Crippen LogP contribution in [0.25, 0.3) is 11.3 Å². The molecule has 5 rings (SSSR count). The van der Waals surface area contributed by atoms with Gasteiger partial charge in [0.25, 0.3) is 0 Å². The fraction of sp³-hybridized carbons (Fsp3) is 0.571. The molecule has 2 aromatic rings. The Balaban J connectivity index is 1.40. The summed E-state index contributed by atoms with van der Waals surface area (Å²) >= 11 is 0. The van der Waals surface area contributed by atoms with Gasteiger partial charge in [0.15, 0.2) is 11.6 Å². The van der Waals surface area contributed by atoms with E-state index in [0.29, 0.717) is 41.5 Å². The van der Waals surface area contributed by atoms with Crippen LogP contribution in [0.1, 0.15) is 25.5 Å². The molecule has 1 aliphatic carbocycles. The maximum absolute atomic E-state index is 12.7. The third kappa shape index (κ3) is 4.27. The van der Waals surface area contributed by atoms with Gasteiger partial charge in [-0.15, -0.1) is 0 Å². The summed E-state index contributed by atoms with van der Waals surface area (Å²) < 4.78 is 29.9. The molecule has 10 heteroatoms. The van der Waals surface area contributed by atoms with Crippen molar-refractivity contribution in [3.63, 3.8) is 0 Å². The molecule has 2 aromatic heterocycles. The van der Waals surface area contributed by atoms with Crippen LogP contribution in [0.4, 0.5) is 20.5 Å². The van der Waals surface area contributed by atoms with Crippen molar-refractivity contribution in [1.82, 2.24) is 19.9 Å². The van der Waals surface area contributed by atoms with E-state index in [2.05, 4.69) is 24.5 Å². The molecule has 166 valence electrons. The number of ether oxygens (including phenoxy) is 1. The molecular formula is C21H26F2N6O2. The first-order valence-corrected chi connectivity index (χ1v) is 10.5. The van der Waals surface area contributed by atoms with E-state index in [0.717, 1.165) is 31.9 Å². The standard InChI is InChI=1S/C21H26F2N6O2/c1-21(2,30)10-28-8-12-13(9-28)17(12)15-6-14(26-20(27-15)29-3-4-29)11-5-16(31-19(22)23)18(24)25-7-11/h5-7,12-13,17,19,30H,3-4,8-10H2,1-2H3,(H2,24,25)/t12-,13+,17?. The molecule has 3 fully saturated rings. The van der Waals surface area contributed by atoms with E-state index in [9.17, 15) is 13.9 Å². The number of pyridine rings is 1. The number of halogens is 2. The van der Waals surface area contributed by atoms with E-state index in [-0.39, 0.29) is 11.6 Å². The molecule has 1 saturated carbocycles. The summed E-state index contributed by atoms with van der Waals surface area (Å²) in [6.45, 7) is 5.01. The van der Waals surface area contributed by atoms with Crippen LogP contribution in [0.2, 0.25) is 0 Å². The van der Waals surface area contributed by atoms with Crippen molar-refractivity contribution in [2.45, 2.75) is 32.0 Å². The molecule has 3 aliphatic rings. The van der Waals surface area contributed by atoms with Crippen LogP contribution in [0.15, 0.2) is 18.3 Å². The Bertz CT molecular complexity index is 982. The number of nitrogens with two attached hydrogens (primary N) is 1. The van der Waals surface area contributed by atoms with Gasteiger partial charge in [0.2, 0.25) is 5.95 Å². The summed E-state index contributed by atoms with van der Waals surface area (Å²) in [4.78, 5) is 17.8. The van der Waals surface area contributed by atoms with Crippen LogP contribution in [0, 0.1) is 11.8 Å². The molecule has 0 spiro atoms. The molecule has 2 saturated heterocycles. The Morgan fingerprint density at radius 3 is 2.55 bits per heavy atom. The number of nitrogen functional groups attached to an aromatic ring is 1. The topological polar surface area (TPSA) is 100 Å². The number of β-amino-alcohol motifs (C(OH)–C–C–N with tert-alkyl or cyclic N) is 1. The van der Waals surface area contributed by atoms with Gasteiger partial charge in [-0.2, -0.15) is 8.78 Å². The Hall–Kier alpha value is -2.59. The molecule has 3 atom stereocenters. The molecule has 0 bridgehead atoms. The lowest BCUT2D eigenvalue weighted by Crippen LogP contribution is -2.38. The molecule has 8 nitrogen and oxygen atoms in total. The average Bonchev–Trinajstić information content (AvgIpc) is 3.59. The summed E-state index contributed by atoms with van der Waals surface area (Å²) in [7, 11) is 0. The van der Waals surface area contributed by atoms with Gasteiger partial charge in [-0.05, 0) is 37.8 Å². The molecule has 1 unspecified atom stereocenters. The van der Waals surface area contributed by atoms with Gasteiger partial charge in [0.05, 0.1) is 17.0 Å². The number of hydrogen-bond donors (Lipinski definition) is 2. The molecule has 4 heterocycles. The molecule has 0 aromatic carbocycles. The highest BCUT2D eigenvalue weighted by atomic mass is 19.3. The number of piperidine rings is 1. The van der Waals surface area contributed by atoms with Crippen LogP contribution >= 0.6 is 0 Å². The van der Waals surface area contributed by atoms with Crippen LogP contribution < -0.4 is 15.4 Å². The fourth-order valence-corrected chi connectivity index (χ4v) is 4.68. The van der Waals surface area contributed by atoms with Crippen LogP contribution in [0.5, 0.6) is 5.75 Å². The van der Waals surface area contributed by atoms with Crippen molar-refractivity contribution >= 4 is 11.8 Å². The Kier molecular flexibility index (Phi) is 4.74. The van der Waals surface area contributed by atoms with Crippen molar-refractivity contribution < 1.29 is 18.6 Å². The van der Waals surface area contributed by atoms with Gasteiger partial charge < -0.3 is 20.5 Å². The second-order valence-electron chi connectivity index (χ2n) is 9.31. The number of rotatable bonds is 7. The van der Waals surface area contributed by atoms with E-state index >= 15 is 0 Å². The van der Waals surface area contributed by atoms with Gasteiger partial charge in [0.1, 0.15) is 0 Å². The Labute approximate surface area is 179 Å². The predicted octanol–water partition coefficient (Wildman–Crippen LogP) is 1.96. The Morgan fingerprint density at radius 1 is 1.23 bits per heavy atom. The molecule has 0 radical (unpaired) electrons. The van der Waals surface area contributed by atoms with Crippen LogP contribution in [-0.2, 0) is 0 Å². The minimum Gasteiger partial charge on any atom is -0.431 e. The van der Waals surface area contributed by atoms with Gasteiger partial charge in [-0.1, -0.05) is 0 Å². The lowest BCUT2D eigenvalue weighted by Gasteiger charge is -2.27. The summed E-state index contributed by atoms with van der Waals surface area (Å²) in [5.74, 6) is 1.76. The van der Waals surface area contributed by atoms with E-state index in [1.54, 1.807) is 0 Å². The summed E-state index contributed by atoms with van der Waals surface area (Å²) in [6.07, 6.45) is 1.52. The van der Waals surface area contributed by atoms with E-state index in [1.165, 1.54) is 12.3 Å². The average molecular weight is 432 g/mol. The minimum absolute atomic E-state index is 0.0897. The van der Waals surface area contributed by atoms with Crippen molar-refractivity contribution in [3.05, 3.63) is 24.0 Å². The lowest BCUT2D eigenvalue weighted by atomic mass is 10.1. The lowest BCUT2D eigenvalue weighted by molar-refractivity contribution is -0.0494. The maximum atomic E-state index is 12.7. The van der Waals surface area contributed by atoms with Gasteiger partial charge >= 0.3 is 6.61 Å². The minimum atomic E-state index is -2.98. The first kappa shape index (κ1) is 20.3. The van der Waals surface area contributed by atoms with E-state index in [1.807, 2.05) is 19.9 Å². The second kappa shape index (κ2) is 7.23. The van der Waals surface area contributed by atoms with Crippen LogP contribution in [-0.4, -0.2) is 69.9 Å². The highest BCUT2D eigenvalue weighted by Crippen LogP contribution is 2.58. The zero-order valence-electron chi connectivity index (χ0n) is 17.5. The third-order valence-corrected chi connectivity index (χ3v) is 6.08. The molecular weight excluding hydrogens is 406 g/mol. The van der Waals surface area contributed by atoms with Gasteiger partial charge in [-0.25, -0.2) is 15.0 Å². The largest absolute Gasteiger partial charge is 0.431 e.